The Morgan fingerprint density at radius 2 is 1.70 bits per heavy atom. The summed E-state index contributed by atoms with van der Waals surface area (Å²) in [5.74, 6) is 0. The van der Waals surface area contributed by atoms with Crippen molar-refractivity contribution < 1.29 is 4.90 Å². The molecule has 1 N–H and O–H groups in total. The number of rotatable bonds is 4. The number of halogens is 2. The van der Waals surface area contributed by atoms with Gasteiger partial charge in [0.2, 0.25) is 0 Å². The van der Waals surface area contributed by atoms with Gasteiger partial charge in [-0.25, -0.2) is 0 Å². The van der Waals surface area contributed by atoms with Crippen molar-refractivity contribution in [3.05, 3.63) is 69.7 Å². The molecule has 120 valence electrons. The van der Waals surface area contributed by atoms with Gasteiger partial charge in [0, 0.05) is 21.2 Å². The number of benzene rings is 2. The molecule has 0 amide bonds. The number of hydrazone groups is 1. The molecular formula is C18H20Cl2N3+. The Labute approximate surface area is 147 Å². The van der Waals surface area contributed by atoms with Crippen molar-refractivity contribution in [3.63, 3.8) is 0 Å². The van der Waals surface area contributed by atoms with Crippen molar-refractivity contribution in [1.29, 1.82) is 0 Å². The first-order chi connectivity index (χ1) is 11.2. The Balaban J connectivity index is 1.50. The third-order valence-corrected chi connectivity index (χ3v) is 4.68. The van der Waals surface area contributed by atoms with Crippen LogP contribution in [0.15, 0.2) is 53.6 Å². The first-order valence-corrected chi connectivity index (χ1v) is 8.58. The molecular weight excluding hydrogens is 329 g/mol. The Kier molecular flexibility index (Phi) is 5.55. The molecule has 1 aliphatic heterocycles. The lowest BCUT2D eigenvalue weighted by molar-refractivity contribution is -0.918. The van der Waals surface area contributed by atoms with E-state index in [2.05, 4.69) is 22.2 Å². The Morgan fingerprint density at radius 1 is 1.00 bits per heavy atom. The molecule has 0 atom stereocenters. The third kappa shape index (κ3) is 4.71. The van der Waals surface area contributed by atoms with Gasteiger partial charge in [-0.3, -0.25) is 5.01 Å². The molecule has 0 aliphatic carbocycles. The Hall–Kier alpha value is -1.55. The first kappa shape index (κ1) is 16.3. The van der Waals surface area contributed by atoms with Crippen LogP contribution in [-0.2, 0) is 6.54 Å². The van der Waals surface area contributed by atoms with E-state index in [1.54, 1.807) is 4.90 Å². The van der Waals surface area contributed by atoms with Crippen LogP contribution in [0.25, 0.3) is 0 Å². The summed E-state index contributed by atoms with van der Waals surface area (Å²) in [5.41, 5.74) is 2.29. The van der Waals surface area contributed by atoms with Crippen LogP contribution >= 0.6 is 23.2 Å². The largest absolute Gasteiger partial charge is 0.328 e. The summed E-state index contributed by atoms with van der Waals surface area (Å²) >= 11 is 12.1. The molecule has 0 aromatic heterocycles. The van der Waals surface area contributed by atoms with E-state index in [0.29, 0.717) is 0 Å². The van der Waals surface area contributed by atoms with Crippen LogP contribution in [0.5, 0.6) is 0 Å². The van der Waals surface area contributed by atoms with Gasteiger partial charge in [-0.15, -0.1) is 0 Å². The molecule has 3 nitrogen and oxygen atoms in total. The summed E-state index contributed by atoms with van der Waals surface area (Å²) in [4.78, 5) is 1.58. The monoisotopic (exact) mass is 348 g/mol. The van der Waals surface area contributed by atoms with Crippen LogP contribution in [0.4, 0.5) is 0 Å². The van der Waals surface area contributed by atoms with E-state index in [1.165, 1.54) is 5.56 Å². The van der Waals surface area contributed by atoms with Gasteiger partial charge in [0.1, 0.15) is 6.54 Å². The molecule has 2 aromatic rings. The molecule has 0 unspecified atom stereocenters. The molecule has 5 heteroatoms. The molecule has 1 aliphatic rings. The summed E-state index contributed by atoms with van der Waals surface area (Å²) in [7, 11) is 0. The summed E-state index contributed by atoms with van der Waals surface area (Å²) in [6, 6.07) is 15.9. The van der Waals surface area contributed by atoms with E-state index < -0.39 is 0 Å². The van der Waals surface area contributed by atoms with E-state index in [-0.39, 0.29) is 0 Å². The standard InChI is InChI=1S/C18H19Cl2N3/c19-17-7-5-15(6-8-17)14-22-9-11-23(12-10-22)21-13-16-3-1-2-4-18(16)20/h1-8,13H,9-12,14H2/p+1/b21-13-. The van der Waals surface area contributed by atoms with Crippen molar-refractivity contribution in [2.24, 2.45) is 5.10 Å². The average molecular weight is 349 g/mol. The molecule has 1 saturated heterocycles. The summed E-state index contributed by atoms with van der Waals surface area (Å²) < 4.78 is 0. The van der Waals surface area contributed by atoms with Crippen molar-refractivity contribution in [2.75, 3.05) is 26.2 Å². The maximum absolute atomic E-state index is 6.14. The zero-order chi connectivity index (χ0) is 16.1. The Morgan fingerprint density at radius 3 is 2.39 bits per heavy atom. The molecule has 3 rings (SSSR count). The molecule has 1 heterocycles. The van der Waals surface area contributed by atoms with E-state index in [4.69, 9.17) is 23.2 Å². The van der Waals surface area contributed by atoms with Crippen molar-refractivity contribution in [3.8, 4) is 0 Å². The van der Waals surface area contributed by atoms with Crippen molar-refractivity contribution in [2.45, 2.75) is 6.54 Å². The number of hydrogen-bond acceptors (Lipinski definition) is 2. The highest BCUT2D eigenvalue weighted by Gasteiger charge is 2.18. The molecule has 23 heavy (non-hydrogen) atoms. The number of hydrogen-bond donors (Lipinski definition) is 1. The number of piperazine rings is 1. The smallest absolute Gasteiger partial charge is 0.103 e. The minimum atomic E-state index is 0.739. The van der Waals surface area contributed by atoms with Gasteiger partial charge >= 0.3 is 0 Å². The van der Waals surface area contributed by atoms with E-state index in [0.717, 1.165) is 48.3 Å². The minimum Gasteiger partial charge on any atom is -0.328 e. The highest BCUT2D eigenvalue weighted by molar-refractivity contribution is 6.33. The summed E-state index contributed by atoms with van der Waals surface area (Å²) in [6.07, 6.45) is 1.85. The van der Waals surface area contributed by atoms with Crippen LogP contribution in [0.3, 0.4) is 0 Å². The van der Waals surface area contributed by atoms with Gasteiger partial charge in [-0.2, -0.15) is 5.10 Å². The number of quaternary nitrogens is 1. The van der Waals surface area contributed by atoms with Gasteiger partial charge in [0.15, 0.2) is 0 Å². The molecule has 0 spiro atoms. The van der Waals surface area contributed by atoms with Crippen molar-refractivity contribution in [1.82, 2.24) is 5.01 Å². The average Bonchev–Trinajstić information content (AvgIpc) is 2.58. The quantitative estimate of drug-likeness (QED) is 0.842. The maximum atomic E-state index is 6.14. The summed E-state index contributed by atoms with van der Waals surface area (Å²) in [5, 5.41) is 8.21. The highest BCUT2D eigenvalue weighted by atomic mass is 35.5. The zero-order valence-electron chi connectivity index (χ0n) is 12.9. The summed E-state index contributed by atoms with van der Waals surface area (Å²) in [6.45, 7) is 5.14. The fourth-order valence-corrected chi connectivity index (χ4v) is 3.03. The van der Waals surface area contributed by atoms with E-state index >= 15 is 0 Å². The molecule has 0 bridgehead atoms. The number of nitrogens with zero attached hydrogens (tertiary/aromatic N) is 2. The lowest BCUT2D eigenvalue weighted by atomic mass is 10.2. The van der Waals surface area contributed by atoms with Crippen LogP contribution in [0.1, 0.15) is 11.1 Å². The second-order valence-electron chi connectivity index (χ2n) is 5.77. The molecule has 0 radical (unpaired) electrons. The number of nitrogens with one attached hydrogen (secondary N) is 1. The Bertz CT molecular complexity index is 662. The fraction of sp³-hybridized carbons (Fsp3) is 0.278. The van der Waals surface area contributed by atoms with Crippen molar-refractivity contribution >= 4 is 29.4 Å². The van der Waals surface area contributed by atoms with Gasteiger partial charge in [-0.05, 0) is 18.2 Å². The van der Waals surface area contributed by atoms with Gasteiger partial charge in [-0.1, -0.05) is 53.5 Å². The van der Waals surface area contributed by atoms with E-state index in [9.17, 15) is 0 Å². The predicted molar refractivity (Wildman–Crippen MR) is 96.5 cm³/mol. The van der Waals surface area contributed by atoms with Crippen LogP contribution in [-0.4, -0.2) is 37.4 Å². The topological polar surface area (TPSA) is 20.0 Å². The van der Waals surface area contributed by atoms with E-state index in [1.807, 2.05) is 42.6 Å². The van der Waals surface area contributed by atoms with Gasteiger partial charge in [0.25, 0.3) is 0 Å². The second kappa shape index (κ2) is 7.82. The maximum Gasteiger partial charge on any atom is 0.103 e. The predicted octanol–water partition coefficient (Wildman–Crippen LogP) is 2.73. The molecule has 2 aromatic carbocycles. The van der Waals surface area contributed by atoms with Crippen LogP contribution < -0.4 is 4.90 Å². The minimum absolute atomic E-state index is 0.739. The SMILES string of the molecule is Clc1ccc(C[NH+]2CCN(/N=C\c3ccccc3Cl)CC2)cc1. The van der Waals surface area contributed by atoms with Crippen LogP contribution in [0.2, 0.25) is 10.0 Å². The lowest BCUT2D eigenvalue weighted by Crippen LogP contribution is -3.13. The fourth-order valence-electron chi connectivity index (χ4n) is 2.72. The molecule has 0 saturated carbocycles. The molecule has 1 fully saturated rings. The normalized spacial score (nSPS) is 16.2. The lowest BCUT2D eigenvalue weighted by Gasteiger charge is -2.30. The first-order valence-electron chi connectivity index (χ1n) is 7.82. The third-order valence-electron chi connectivity index (χ3n) is 4.08. The van der Waals surface area contributed by atoms with Gasteiger partial charge < -0.3 is 4.90 Å². The second-order valence-corrected chi connectivity index (χ2v) is 6.62. The zero-order valence-corrected chi connectivity index (χ0v) is 14.4. The van der Waals surface area contributed by atoms with Gasteiger partial charge in [0.05, 0.1) is 32.4 Å². The van der Waals surface area contributed by atoms with Crippen LogP contribution in [0, 0.1) is 0 Å². The highest BCUT2D eigenvalue weighted by Crippen LogP contribution is 2.12.